The van der Waals surface area contributed by atoms with E-state index in [1.807, 2.05) is 20.8 Å². The number of halogens is 3. The highest BCUT2D eigenvalue weighted by Crippen LogP contribution is 2.27. The third kappa shape index (κ3) is 5.94. The summed E-state index contributed by atoms with van der Waals surface area (Å²) in [7, 11) is 0. The topological polar surface area (TPSA) is 63.1 Å². The predicted octanol–water partition coefficient (Wildman–Crippen LogP) is 6.73. The monoisotopic (exact) mass is 493 g/mol. The number of fused-ring (bicyclic) bond motifs is 1. The fraction of sp³-hybridized carbons (Fsp3) is 0.214. The van der Waals surface area contributed by atoms with Gasteiger partial charge in [0, 0.05) is 40.3 Å². The number of rotatable bonds is 6. The van der Waals surface area contributed by atoms with E-state index in [0.717, 1.165) is 12.1 Å². The second-order valence-electron chi connectivity index (χ2n) is 9.87. The molecule has 0 atom stereocenters. The molecule has 0 saturated heterocycles. The molecule has 0 unspecified atom stereocenters. The molecule has 186 valence electrons. The normalized spacial score (nSPS) is 11.5. The molecule has 1 heterocycles. The highest BCUT2D eigenvalue weighted by atomic mass is 19.1. The molecule has 0 radical (unpaired) electrons. The predicted molar refractivity (Wildman–Crippen MR) is 134 cm³/mol. The Morgan fingerprint density at radius 1 is 0.806 bits per heavy atom. The van der Waals surface area contributed by atoms with E-state index in [-0.39, 0.29) is 29.1 Å². The maximum atomic E-state index is 14.5. The Labute approximate surface area is 206 Å². The molecule has 3 aromatic carbocycles. The van der Waals surface area contributed by atoms with Crippen LogP contribution in [0.4, 0.5) is 24.5 Å². The van der Waals surface area contributed by atoms with Crippen LogP contribution in [0.15, 0.2) is 66.7 Å². The van der Waals surface area contributed by atoms with E-state index in [1.165, 1.54) is 30.3 Å². The van der Waals surface area contributed by atoms with E-state index in [0.29, 0.717) is 28.7 Å². The maximum Gasteiger partial charge on any atom is 0.272 e. The number of amides is 2. The molecular formula is C28H26F3N3O2. The van der Waals surface area contributed by atoms with Crippen molar-refractivity contribution >= 4 is 34.1 Å². The van der Waals surface area contributed by atoms with Gasteiger partial charge in [-0.3, -0.25) is 9.59 Å². The van der Waals surface area contributed by atoms with Crippen molar-refractivity contribution in [1.82, 2.24) is 4.57 Å². The van der Waals surface area contributed by atoms with Crippen molar-refractivity contribution in [2.75, 3.05) is 10.6 Å². The molecule has 0 spiro atoms. The van der Waals surface area contributed by atoms with Crippen LogP contribution in [0.1, 0.15) is 43.2 Å². The number of hydrogen-bond acceptors (Lipinski definition) is 2. The number of nitrogens with one attached hydrogen (secondary N) is 2. The minimum Gasteiger partial charge on any atom is -0.332 e. The third-order valence-electron chi connectivity index (χ3n) is 5.55. The Morgan fingerprint density at radius 2 is 1.47 bits per heavy atom. The summed E-state index contributed by atoms with van der Waals surface area (Å²) in [6.07, 6.45) is 0.335. The van der Waals surface area contributed by atoms with Crippen molar-refractivity contribution in [1.29, 1.82) is 0 Å². The first-order chi connectivity index (χ1) is 17.0. The summed E-state index contributed by atoms with van der Waals surface area (Å²) in [6.45, 7) is 5.88. The second-order valence-corrected chi connectivity index (χ2v) is 9.87. The zero-order valence-electron chi connectivity index (χ0n) is 20.2. The SMILES string of the molecule is CC(C)(C)CC(=O)Nc1ccc2c(c1)cc(C(=O)Nc1ccc(F)cc1)n2Cc1ccc(F)cc1F. The van der Waals surface area contributed by atoms with Crippen molar-refractivity contribution in [3.05, 3.63) is 95.4 Å². The second kappa shape index (κ2) is 9.89. The molecule has 2 N–H and O–H groups in total. The largest absolute Gasteiger partial charge is 0.332 e. The summed E-state index contributed by atoms with van der Waals surface area (Å²) in [5, 5.41) is 6.24. The van der Waals surface area contributed by atoms with Crippen LogP contribution in [0, 0.1) is 22.9 Å². The summed E-state index contributed by atoms with van der Waals surface area (Å²) in [5.74, 6) is -2.48. The third-order valence-corrected chi connectivity index (χ3v) is 5.55. The number of benzene rings is 3. The van der Waals surface area contributed by atoms with E-state index in [9.17, 15) is 22.8 Å². The molecule has 8 heteroatoms. The van der Waals surface area contributed by atoms with E-state index in [4.69, 9.17) is 0 Å². The minimum absolute atomic E-state index is 0.0302. The molecule has 4 rings (SSSR count). The van der Waals surface area contributed by atoms with Crippen LogP contribution in [-0.2, 0) is 11.3 Å². The molecule has 0 fully saturated rings. The van der Waals surface area contributed by atoms with Crippen molar-refractivity contribution in [2.45, 2.75) is 33.7 Å². The standard InChI is InChI=1S/C28H26F3N3O2/c1-28(2,3)15-26(35)32-22-10-11-24-18(12-22)13-25(27(36)33-21-8-6-19(29)7-9-21)34(24)16-17-4-5-20(30)14-23(17)31/h4-14H,15-16H2,1-3H3,(H,32,35)(H,33,36). The molecule has 0 aliphatic heterocycles. The van der Waals surface area contributed by atoms with Crippen LogP contribution in [0.25, 0.3) is 10.9 Å². The molecule has 5 nitrogen and oxygen atoms in total. The first-order valence-electron chi connectivity index (χ1n) is 11.4. The fourth-order valence-electron chi connectivity index (χ4n) is 3.94. The van der Waals surface area contributed by atoms with Gasteiger partial charge in [-0.2, -0.15) is 0 Å². The smallest absolute Gasteiger partial charge is 0.272 e. The van der Waals surface area contributed by atoms with Crippen LogP contribution >= 0.6 is 0 Å². The van der Waals surface area contributed by atoms with Gasteiger partial charge in [0.15, 0.2) is 0 Å². The Kier molecular flexibility index (Phi) is 6.88. The van der Waals surface area contributed by atoms with Gasteiger partial charge in [-0.1, -0.05) is 26.8 Å². The summed E-state index contributed by atoms with van der Waals surface area (Å²) in [4.78, 5) is 25.6. The Bertz CT molecular complexity index is 1440. The number of hydrogen-bond donors (Lipinski definition) is 2. The fourth-order valence-corrected chi connectivity index (χ4v) is 3.94. The Morgan fingerprint density at radius 3 is 2.14 bits per heavy atom. The minimum atomic E-state index is -0.729. The highest BCUT2D eigenvalue weighted by molar-refractivity contribution is 6.07. The Balaban J connectivity index is 1.72. The number of aromatic nitrogens is 1. The van der Waals surface area contributed by atoms with Gasteiger partial charge in [0.1, 0.15) is 23.1 Å². The number of anilines is 2. The van der Waals surface area contributed by atoms with E-state index in [2.05, 4.69) is 10.6 Å². The number of carbonyl (C=O) groups is 2. The lowest BCUT2D eigenvalue weighted by Gasteiger charge is -2.17. The van der Waals surface area contributed by atoms with Gasteiger partial charge in [0.05, 0.1) is 6.54 Å². The van der Waals surface area contributed by atoms with Crippen LogP contribution < -0.4 is 10.6 Å². The average molecular weight is 494 g/mol. The summed E-state index contributed by atoms with van der Waals surface area (Å²) >= 11 is 0. The van der Waals surface area contributed by atoms with E-state index < -0.39 is 23.4 Å². The lowest BCUT2D eigenvalue weighted by molar-refractivity contribution is -0.117. The summed E-state index contributed by atoms with van der Waals surface area (Å²) in [5.41, 5.74) is 1.82. The molecule has 2 amide bonds. The van der Waals surface area contributed by atoms with Gasteiger partial charge in [0.2, 0.25) is 5.91 Å². The van der Waals surface area contributed by atoms with E-state index >= 15 is 0 Å². The van der Waals surface area contributed by atoms with Crippen molar-refractivity contribution in [3.8, 4) is 0 Å². The molecular weight excluding hydrogens is 467 g/mol. The molecule has 4 aromatic rings. The first kappa shape index (κ1) is 25.0. The van der Waals surface area contributed by atoms with Gasteiger partial charge in [-0.15, -0.1) is 0 Å². The zero-order chi connectivity index (χ0) is 26.0. The van der Waals surface area contributed by atoms with Crippen LogP contribution in [0.3, 0.4) is 0 Å². The van der Waals surface area contributed by atoms with E-state index in [1.54, 1.807) is 28.8 Å². The average Bonchev–Trinajstić information content (AvgIpc) is 3.13. The van der Waals surface area contributed by atoms with Gasteiger partial charge < -0.3 is 15.2 Å². The van der Waals surface area contributed by atoms with Gasteiger partial charge in [-0.25, -0.2) is 13.2 Å². The van der Waals surface area contributed by atoms with Crippen molar-refractivity contribution in [2.24, 2.45) is 5.41 Å². The molecule has 0 aliphatic rings. The molecule has 1 aromatic heterocycles. The number of nitrogens with zero attached hydrogens (tertiary/aromatic N) is 1. The molecule has 0 aliphatic carbocycles. The molecule has 0 saturated carbocycles. The van der Waals surface area contributed by atoms with Crippen LogP contribution in [0.2, 0.25) is 0 Å². The summed E-state index contributed by atoms with van der Waals surface area (Å²) < 4.78 is 42.8. The lowest BCUT2D eigenvalue weighted by Crippen LogP contribution is -2.19. The molecule has 36 heavy (non-hydrogen) atoms. The van der Waals surface area contributed by atoms with Crippen molar-refractivity contribution < 1.29 is 22.8 Å². The molecule has 0 bridgehead atoms. The van der Waals surface area contributed by atoms with Crippen LogP contribution in [-0.4, -0.2) is 16.4 Å². The highest BCUT2D eigenvalue weighted by Gasteiger charge is 2.20. The van der Waals surface area contributed by atoms with Gasteiger partial charge in [-0.05, 0) is 60.0 Å². The Hall–Kier alpha value is -4.07. The van der Waals surface area contributed by atoms with Crippen LogP contribution in [0.5, 0.6) is 0 Å². The quantitative estimate of drug-likeness (QED) is 0.313. The maximum absolute atomic E-state index is 14.5. The number of carbonyl (C=O) groups excluding carboxylic acids is 2. The van der Waals surface area contributed by atoms with Crippen molar-refractivity contribution in [3.63, 3.8) is 0 Å². The zero-order valence-corrected chi connectivity index (χ0v) is 20.2. The van der Waals surface area contributed by atoms with Gasteiger partial charge in [0.25, 0.3) is 5.91 Å². The van der Waals surface area contributed by atoms with Gasteiger partial charge >= 0.3 is 0 Å². The lowest BCUT2D eigenvalue weighted by atomic mass is 9.92. The first-order valence-corrected chi connectivity index (χ1v) is 11.4. The summed E-state index contributed by atoms with van der Waals surface area (Å²) in [6, 6.07) is 15.4.